The lowest BCUT2D eigenvalue weighted by atomic mass is 10.1. The highest BCUT2D eigenvalue weighted by atomic mass is 32.2. The number of amides is 1. The maximum Gasteiger partial charge on any atom is 0.255 e. The van der Waals surface area contributed by atoms with Crippen molar-refractivity contribution < 1.29 is 9.53 Å². The van der Waals surface area contributed by atoms with Crippen molar-refractivity contribution in [2.24, 2.45) is 0 Å². The lowest BCUT2D eigenvalue weighted by molar-refractivity contribution is 0.102. The highest BCUT2D eigenvalue weighted by Gasteiger charge is 2.13. The van der Waals surface area contributed by atoms with E-state index in [-0.39, 0.29) is 12.5 Å². The van der Waals surface area contributed by atoms with Crippen molar-refractivity contribution in [3.63, 3.8) is 0 Å². The largest absolute Gasteiger partial charge is 0.485 e. The highest BCUT2D eigenvalue weighted by molar-refractivity contribution is 7.98. The van der Waals surface area contributed by atoms with Gasteiger partial charge < -0.3 is 15.9 Å². The van der Waals surface area contributed by atoms with E-state index < -0.39 is 0 Å². The molecule has 0 saturated carbocycles. The Balaban J connectivity index is 1.33. The van der Waals surface area contributed by atoms with E-state index in [9.17, 15) is 4.79 Å². The number of hydrogen-bond donors (Lipinski definition) is 2. The Kier molecular flexibility index (Phi) is 6.95. The molecule has 0 spiro atoms. The van der Waals surface area contributed by atoms with Gasteiger partial charge in [-0.3, -0.25) is 4.79 Å². The van der Waals surface area contributed by atoms with Crippen LogP contribution in [0.5, 0.6) is 5.75 Å². The van der Waals surface area contributed by atoms with Crippen LogP contribution in [0.2, 0.25) is 0 Å². The third-order valence-electron chi connectivity index (χ3n) is 5.11. The second-order valence-electron chi connectivity index (χ2n) is 7.58. The maximum absolute atomic E-state index is 12.4. The average molecular weight is 460 g/mol. The molecule has 1 amide bonds. The number of carbonyl (C=O) groups is 1. The molecule has 4 rings (SSSR count). The summed E-state index contributed by atoms with van der Waals surface area (Å²) in [5.41, 5.74) is 4.54. The number of thioether (sulfide) groups is 1. The Bertz CT molecular complexity index is 1220. The topological polar surface area (TPSA) is 95.1 Å². The van der Waals surface area contributed by atoms with Crippen molar-refractivity contribution in [2.45, 2.75) is 31.4 Å². The molecule has 8 heteroatoms. The molecule has 0 aliphatic carbocycles. The number of anilines is 1. The minimum atomic E-state index is -0.143. The van der Waals surface area contributed by atoms with Crippen molar-refractivity contribution >= 4 is 23.4 Å². The van der Waals surface area contributed by atoms with Gasteiger partial charge in [-0.05, 0) is 54.8 Å². The third-order valence-corrected chi connectivity index (χ3v) is 6.12. The first-order valence-electron chi connectivity index (χ1n) is 10.5. The van der Waals surface area contributed by atoms with Gasteiger partial charge in [0.25, 0.3) is 5.91 Å². The van der Waals surface area contributed by atoms with Crippen molar-refractivity contribution in [1.29, 1.82) is 0 Å². The molecule has 7 nitrogen and oxygen atoms in total. The summed E-state index contributed by atoms with van der Waals surface area (Å²) >= 11 is 1.47. The summed E-state index contributed by atoms with van der Waals surface area (Å²) in [7, 11) is 0. The molecule has 1 aromatic heterocycles. The summed E-state index contributed by atoms with van der Waals surface area (Å²) < 4.78 is 7.40. The zero-order valence-electron chi connectivity index (χ0n) is 18.5. The first kappa shape index (κ1) is 22.4. The van der Waals surface area contributed by atoms with Crippen LogP contribution in [0.25, 0.3) is 0 Å². The smallest absolute Gasteiger partial charge is 0.255 e. The van der Waals surface area contributed by atoms with Crippen LogP contribution in [-0.4, -0.2) is 20.8 Å². The van der Waals surface area contributed by atoms with E-state index in [2.05, 4.69) is 15.5 Å². The van der Waals surface area contributed by atoms with Crippen molar-refractivity contribution in [1.82, 2.24) is 14.9 Å². The van der Waals surface area contributed by atoms with Gasteiger partial charge in [-0.2, -0.15) is 0 Å². The number of ether oxygens (including phenoxy) is 1. The predicted octanol–water partition coefficient (Wildman–Crippen LogP) is 4.73. The summed E-state index contributed by atoms with van der Waals surface area (Å²) in [5.74, 6) is 8.07. The molecule has 33 heavy (non-hydrogen) atoms. The van der Waals surface area contributed by atoms with Gasteiger partial charge >= 0.3 is 0 Å². The number of carbonyl (C=O) groups excluding carboxylic acids is 1. The Morgan fingerprint density at radius 3 is 2.36 bits per heavy atom. The number of aromatic nitrogens is 3. The standard InChI is InChI=1S/C25H25N5O2S/c1-17-7-6-8-18(2)23(17)32-15-22-28-29-25(30(22)26)33-16-19-11-13-20(14-12-19)24(31)27-21-9-4-3-5-10-21/h3-14H,15-16,26H2,1-2H3,(H,27,31). The fraction of sp³-hybridized carbons (Fsp3) is 0.160. The number of nitrogens with one attached hydrogen (secondary N) is 1. The fourth-order valence-corrected chi connectivity index (χ4v) is 4.12. The van der Waals surface area contributed by atoms with Gasteiger partial charge in [-0.25, -0.2) is 4.68 Å². The number of nitrogens with two attached hydrogens (primary N) is 1. The minimum absolute atomic E-state index is 0.143. The molecule has 3 N–H and O–H groups in total. The van der Waals surface area contributed by atoms with Gasteiger partial charge in [-0.1, -0.05) is 60.3 Å². The van der Waals surface area contributed by atoms with Crippen molar-refractivity contribution in [3.05, 3.63) is 101 Å². The van der Waals surface area contributed by atoms with Gasteiger partial charge in [0.15, 0.2) is 5.82 Å². The van der Waals surface area contributed by atoms with E-state index in [0.29, 0.717) is 22.3 Å². The highest BCUT2D eigenvalue weighted by Crippen LogP contribution is 2.24. The molecule has 0 radical (unpaired) electrons. The molecule has 0 unspecified atom stereocenters. The summed E-state index contributed by atoms with van der Waals surface area (Å²) in [6.07, 6.45) is 0. The van der Waals surface area contributed by atoms with Gasteiger partial charge in [0.1, 0.15) is 12.4 Å². The number of benzene rings is 3. The van der Waals surface area contributed by atoms with E-state index in [0.717, 1.165) is 28.1 Å². The maximum atomic E-state index is 12.4. The van der Waals surface area contributed by atoms with Crippen LogP contribution in [-0.2, 0) is 12.4 Å². The molecule has 0 atom stereocenters. The number of para-hydroxylation sites is 2. The lowest BCUT2D eigenvalue weighted by Crippen LogP contribution is -2.16. The van der Waals surface area contributed by atoms with E-state index in [1.807, 2.05) is 86.6 Å². The molecule has 168 valence electrons. The second-order valence-corrected chi connectivity index (χ2v) is 8.53. The molecule has 4 aromatic rings. The second kappa shape index (κ2) is 10.2. The zero-order chi connectivity index (χ0) is 23.2. The molecule has 0 fully saturated rings. The van der Waals surface area contributed by atoms with Crippen LogP contribution in [0.15, 0.2) is 78.0 Å². The van der Waals surface area contributed by atoms with Crippen LogP contribution >= 0.6 is 11.8 Å². The number of rotatable bonds is 8. The molecule has 0 bridgehead atoms. The Hall–Kier alpha value is -3.78. The normalized spacial score (nSPS) is 10.7. The average Bonchev–Trinajstić information content (AvgIpc) is 3.17. The minimum Gasteiger partial charge on any atom is -0.485 e. The predicted molar refractivity (Wildman–Crippen MR) is 131 cm³/mol. The molecule has 0 aliphatic heterocycles. The molecule has 1 heterocycles. The Labute approximate surface area is 197 Å². The summed E-state index contributed by atoms with van der Waals surface area (Å²) in [5, 5.41) is 11.8. The summed E-state index contributed by atoms with van der Waals surface area (Å²) in [6, 6.07) is 22.9. The van der Waals surface area contributed by atoms with Crippen LogP contribution in [0, 0.1) is 13.8 Å². The van der Waals surface area contributed by atoms with Gasteiger partial charge in [0, 0.05) is 17.0 Å². The molecule has 0 aliphatic rings. The van der Waals surface area contributed by atoms with Gasteiger partial charge in [0.05, 0.1) is 0 Å². The molecular weight excluding hydrogens is 434 g/mol. The number of aryl methyl sites for hydroxylation is 2. The van der Waals surface area contributed by atoms with Crippen LogP contribution in [0.3, 0.4) is 0 Å². The van der Waals surface area contributed by atoms with Crippen LogP contribution in [0.4, 0.5) is 5.69 Å². The fourth-order valence-electron chi connectivity index (χ4n) is 3.29. The Morgan fingerprint density at radius 1 is 0.970 bits per heavy atom. The third kappa shape index (κ3) is 5.53. The lowest BCUT2D eigenvalue weighted by Gasteiger charge is -2.11. The zero-order valence-corrected chi connectivity index (χ0v) is 19.3. The quantitative estimate of drug-likeness (QED) is 0.292. The number of nitrogens with zero attached hydrogens (tertiary/aromatic N) is 3. The van der Waals surface area contributed by atoms with Gasteiger partial charge in [-0.15, -0.1) is 10.2 Å². The number of nitrogen functional groups attached to an aromatic ring is 1. The summed E-state index contributed by atoms with van der Waals surface area (Å²) in [4.78, 5) is 12.4. The summed E-state index contributed by atoms with van der Waals surface area (Å²) in [6.45, 7) is 4.25. The Morgan fingerprint density at radius 2 is 1.67 bits per heavy atom. The molecule has 0 saturated heterocycles. The number of hydrogen-bond acceptors (Lipinski definition) is 6. The first-order chi connectivity index (χ1) is 16.0. The van der Waals surface area contributed by atoms with Crippen LogP contribution < -0.4 is 15.9 Å². The first-order valence-corrected chi connectivity index (χ1v) is 11.5. The van der Waals surface area contributed by atoms with Gasteiger partial charge in [0.2, 0.25) is 5.16 Å². The van der Waals surface area contributed by atoms with Crippen LogP contribution in [0.1, 0.15) is 32.9 Å². The van der Waals surface area contributed by atoms with E-state index in [1.165, 1.54) is 16.4 Å². The van der Waals surface area contributed by atoms with E-state index in [1.54, 1.807) is 0 Å². The monoisotopic (exact) mass is 459 g/mol. The van der Waals surface area contributed by atoms with Crippen molar-refractivity contribution in [3.8, 4) is 5.75 Å². The van der Waals surface area contributed by atoms with E-state index in [4.69, 9.17) is 10.6 Å². The SMILES string of the molecule is Cc1cccc(C)c1OCc1nnc(SCc2ccc(C(=O)Nc3ccccc3)cc2)n1N. The van der Waals surface area contributed by atoms with E-state index >= 15 is 0 Å². The molecule has 3 aromatic carbocycles. The molecular formula is C25H25N5O2S. The van der Waals surface area contributed by atoms with Crippen molar-refractivity contribution in [2.75, 3.05) is 11.2 Å².